The number of aliphatic hydroxyl groups excluding tert-OH is 1. The van der Waals surface area contributed by atoms with Gasteiger partial charge in [-0.25, -0.2) is 19.8 Å². The van der Waals surface area contributed by atoms with Crippen LogP contribution in [-0.2, 0) is 9.63 Å². The molecule has 0 spiro atoms. The molecular formula is C19H31ClF4N6O3. The molecule has 3 aliphatic rings. The third-order valence-corrected chi connectivity index (χ3v) is 6.38. The van der Waals surface area contributed by atoms with E-state index in [0.29, 0.717) is 12.8 Å². The van der Waals surface area contributed by atoms with Crippen LogP contribution in [-0.4, -0.2) is 83.3 Å². The molecule has 3 fully saturated rings. The molecule has 1 saturated carbocycles. The molecule has 33 heavy (non-hydrogen) atoms. The van der Waals surface area contributed by atoms with Crippen LogP contribution in [0.5, 0.6) is 0 Å². The van der Waals surface area contributed by atoms with Gasteiger partial charge in [0.2, 0.25) is 0 Å². The largest absolute Gasteiger partial charge is 0.405 e. The number of hydrogen-bond donors (Lipinski definition) is 5. The third-order valence-electron chi connectivity index (χ3n) is 6.02. The van der Waals surface area contributed by atoms with E-state index in [2.05, 4.69) is 26.5 Å². The van der Waals surface area contributed by atoms with E-state index >= 15 is 0 Å². The topological polar surface area (TPSA) is 110 Å². The predicted octanol–water partition coefficient (Wildman–Crippen LogP) is 0.934. The zero-order valence-corrected chi connectivity index (χ0v) is 19.2. The Hall–Kier alpha value is -1.25. The van der Waals surface area contributed by atoms with E-state index in [4.69, 9.17) is 16.4 Å². The molecule has 9 nitrogen and oxygen atoms in total. The zero-order valence-electron chi connectivity index (χ0n) is 18.4. The average Bonchev–Trinajstić information content (AvgIpc) is 3.26. The van der Waals surface area contributed by atoms with Crippen molar-refractivity contribution in [3.63, 3.8) is 0 Å². The minimum absolute atomic E-state index is 0.0524. The monoisotopic (exact) mass is 502 g/mol. The van der Waals surface area contributed by atoms with Crippen LogP contribution < -0.4 is 21.5 Å². The number of halogens is 5. The molecule has 190 valence electrons. The van der Waals surface area contributed by atoms with Gasteiger partial charge in [-0.05, 0) is 26.2 Å². The van der Waals surface area contributed by atoms with Crippen molar-refractivity contribution in [2.24, 2.45) is 10.9 Å². The van der Waals surface area contributed by atoms with E-state index < -0.39 is 60.5 Å². The molecule has 0 aromatic carbocycles. The Kier molecular flexibility index (Phi) is 8.78. The third kappa shape index (κ3) is 6.89. The Bertz CT molecular complexity index is 708. The quantitative estimate of drug-likeness (QED) is 0.165. The SMILES string of the molecule is CC1CC(C(=O)N/C(=N\C2C(C)C(C(F)(F)F)NN2CCO)NC2CC(F)CC(Cl)C2)ON1. The van der Waals surface area contributed by atoms with Gasteiger partial charge >= 0.3 is 6.18 Å². The zero-order chi connectivity index (χ0) is 24.3. The second-order valence-corrected chi connectivity index (χ2v) is 9.53. The Balaban J connectivity index is 1.83. The standard InChI is InChI=1S/C19H31ClF4N6O3/c1-9-5-14(33-29-9)17(32)27-18(25-13-7-11(20)6-12(21)8-13)26-16-10(2)15(19(22,23)24)28-30(16)3-4-31/h9-16,28-29,31H,3-8H2,1-2H3,(H2,25,26,27,32). The summed E-state index contributed by atoms with van der Waals surface area (Å²) in [5.74, 6) is -1.65. The van der Waals surface area contributed by atoms with Crippen molar-refractivity contribution < 1.29 is 32.3 Å². The molecule has 0 aromatic rings. The van der Waals surface area contributed by atoms with Gasteiger partial charge in [-0.15, -0.1) is 11.6 Å². The van der Waals surface area contributed by atoms with E-state index in [0.717, 1.165) is 0 Å². The molecule has 8 atom stereocenters. The lowest BCUT2D eigenvalue weighted by Crippen LogP contribution is -2.52. The van der Waals surface area contributed by atoms with Crippen molar-refractivity contribution in [3.8, 4) is 0 Å². The van der Waals surface area contributed by atoms with Crippen molar-refractivity contribution in [2.45, 2.75) is 87.7 Å². The highest BCUT2D eigenvalue weighted by atomic mass is 35.5. The van der Waals surface area contributed by atoms with Crippen LogP contribution in [0.1, 0.15) is 39.5 Å². The first kappa shape index (κ1) is 26.4. The van der Waals surface area contributed by atoms with Crippen LogP contribution in [0, 0.1) is 5.92 Å². The number of aliphatic hydroxyl groups is 1. The maximum atomic E-state index is 14.0. The number of hydroxylamine groups is 1. The number of amides is 1. The van der Waals surface area contributed by atoms with Gasteiger partial charge in [0.25, 0.3) is 5.91 Å². The summed E-state index contributed by atoms with van der Waals surface area (Å²) < 4.78 is 54.5. The number of β-amino-alcohol motifs (C(OH)–C–C–N with tert-alkyl or cyclic N) is 1. The predicted molar refractivity (Wildman–Crippen MR) is 113 cm³/mol. The van der Waals surface area contributed by atoms with Gasteiger partial charge in [-0.2, -0.15) is 18.7 Å². The average molecular weight is 503 g/mol. The van der Waals surface area contributed by atoms with E-state index in [1.54, 1.807) is 0 Å². The van der Waals surface area contributed by atoms with Crippen LogP contribution in [0.25, 0.3) is 0 Å². The highest BCUT2D eigenvalue weighted by Crippen LogP contribution is 2.34. The summed E-state index contributed by atoms with van der Waals surface area (Å²) in [6.45, 7) is 2.71. The maximum absolute atomic E-state index is 14.0. The minimum Gasteiger partial charge on any atom is -0.395 e. The van der Waals surface area contributed by atoms with E-state index in [1.165, 1.54) is 11.9 Å². The van der Waals surface area contributed by atoms with Crippen molar-refractivity contribution in [2.75, 3.05) is 13.2 Å². The summed E-state index contributed by atoms with van der Waals surface area (Å²) in [5.41, 5.74) is 5.04. The number of alkyl halides is 5. The molecule has 1 aliphatic carbocycles. The van der Waals surface area contributed by atoms with Crippen LogP contribution in [0.15, 0.2) is 4.99 Å². The van der Waals surface area contributed by atoms with Crippen LogP contribution in [0.2, 0.25) is 0 Å². The highest BCUT2D eigenvalue weighted by molar-refractivity contribution is 6.20. The Morgan fingerprint density at radius 2 is 2.00 bits per heavy atom. The molecule has 0 bridgehead atoms. The lowest BCUT2D eigenvalue weighted by Gasteiger charge is -2.31. The van der Waals surface area contributed by atoms with Crippen LogP contribution >= 0.6 is 11.6 Å². The molecule has 8 unspecified atom stereocenters. The molecule has 0 radical (unpaired) electrons. The number of nitrogens with zero attached hydrogens (tertiary/aromatic N) is 2. The molecule has 2 saturated heterocycles. The lowest BCUT2D eigenvalue weighted by molar-refractivity contribution is -0.163. The number of hydrogen-bond acceptors (Lipinski definition) is 7. The van der Waals surface area contributed by atoms with Gasteiger partial charge in [-0.3, -0.25) is 14.9 Å². The molecule has 5 N–H and O–H groups in total. The molecule has 3 rings (SSSR count). The van der Waals surface area contributed by atoms with Crippen molar-refractivity contribution in [3.05, 3.63) is 0 Å². The van der Waals surface area contributed by atoms with Gasteiger partial charge in [-0.1, -0.05) is 6.92 Å². The van der Waals surface area contributed by atoms with Crippen molar-refractivity contribution in [1.29, 1.82) is 0 Å². The molecule has 14 heteroatoms. The smallest absolute Gasteiger partial charge is 0.395 e. The molecule has 0 aromatic heterocycles. The number of nitrogens with one attached hydrogen (secondary N) is 4. The Morgan fingerprint density at radius 3 is 2.58 bits per heavy atom. The summed E-state index contributed by atoms with van der Waals surface area (Å²) in [5, 5.41) is 15.6. The lowest BCUT2D eigenvalue weighted by atomic mass is 9.93. The first-order valence-electron chi connectivity index (χ1n) is 11.0. The van der Waals surface area contributed by atoms with Gasteiger partial charge in [0.15, 0.2) is 12.1 Å². The molecular weight excluding hydrogens is 472 g/mol. The summed E-state index contributed by atoms with van der Waals surface area (Å²) in [7, 11) is 0. The Morgan fingerprint density at radius 1 is 1.27 bits per heavy atom. The van der Waals surface area contributed by atoms with Gasteiger partial charge in [0.05, 0.1) is 6.61 Å². The fourth-order valence-electron chi connectivity index (χ4n) is 4.40. The number of carbonyl (C=O) groups is 1. The van der Waals surface area contributed by atoms with Crippen molar-refractivity contribution in [1.82, 2.24) is 26.5 Å². The number of guanidine groups is 1. The number of hydrazine groups is 1. The van der Waals surface area contributed by atoms with Gasteiger partial charge in [0, 0.05) is 36.3 Å². The molecule has 1 amide bonds. The second-order valence-electron chi connectivity index (χ2n) is 8.91. The van der Waals surface area contributed by atoms with Gasteiger partial charge in [0.1, 0.15) is 18.4 Å². The fourth-order valence-corrected chi connectivity index (χ4v) is 4.81. The van der Waals surface area contributed by atoms with E-state index in [-0.39, 0.29) is 31.4 Å². The van der Waals surface area contributed by atoms with Crippen LogP contribution in [0.3, 0.4) is 0 Å². The van der Waals surface area contributed by atoms with Crippen LogP contribution in [0.4, 0.5) is 17.6 Å². The summed E-state index contributed by atoms with van der Waals surface area (Å²) in [6.07, 6.45) is -6.42. The number of carbonyl (C=O) groups excluding carboxylic acids is 1. The highest BCUT2D eigenvalue weighted by Gasteiger charge is 2.52. The summed E-state index contributed by atoms with van der Waals surface area (Å²) in [4.78, 5) is 22.3. The Labute approximate surface area is 194 Å². The maximum Gasteiger partial charge on any atom is 0.405 e. The van der Waals surface area contributed by atoms with Gasteiger partial charge < -0.3 is 10.4 Å². The number of aliphatic imine (C=N–C) groups is 1. The second kappa shape index (κ2) is 11.0. The normalized spacial score (nSPS) is 38.5. The summed E-state index contributed by atoms with van der Waals surface area (Å²) in [6, 6.07) is -2.40. The molecule has 2 heterocycles. The first-order valence-corrected chi connectivity index (χ1v) is 11.5. The van der Waals surface area contributed by atoms with Crippen molar-refractivity contribution >= 4 is 23.5 Å². The summed E-state index contributed by atoms with van der Waals surface area (Å²) >= 11 is 6.14. The van der Waals surface area contributed by atoms with E-state index in [9.17, 15) is 27.5 Å². The number of rotatable bonds is 5. The van der Waals surface area contributed by atoms with E-state index in [1.807, 2.05) is 6.92 Å². The molecule has 2 aliphatic heterocycles. The fraction of sp³-hybridized carbons (Fsp3) is 0.895. The minimum atomic E-state index is -4.54. The first-order chi connectivity index (χ1) is 15.5.